The molecule has 1 fully saturated rings. The molecule has 26 heavy (non-hydrogen) atoms. The molecule has 1 saturated heterocycles. The van der Waals surface area contributed by atoms with E-state index in [-0.39, 0.29) is 0 Å². The van der Waals surface area contributed by atoms with Crippen LogP contribution in [-0.4, -0.2) is 60.1 Å². The van der Waals surface area contributed by atoms with Gasteiger partial charge in [0.05, 0.1) is 5.52 Å². The standard InChI is InChI=1S/C20H24N6/c1-24(2)18-8-10-22-20(23-18)26-13-11-25(12-14-26)15-17-6-3-5-16-7-4-9-21-19(16)17/h3-10H,11-15H2,1-2H3. The topological polar surface area (TPSA) is 48.4 Å². The highest BCUT2D eigenvalue weighted by molar-refractivity contribution is 5.81. The van der Waals surface area contributed by atoms with E-state index in [1.807, 2.05) is 43.5 Å². The van der Waals surface area contributed by atoms with Crippen molar-refractivity contribution in [2.45, 2.75) is 6.54 Å². The van der Waals surface area contributed by atoms with E-state index in [4.69, 9.17) is 0 Å². The fourth-order valence-electron chi connectivity index (χ4n) is 3.38. The van der Waals surface area contributed by atoms with Crippen LogP contribution in [0.5, 0.6) is 0 Å². The molecule has 0 saturated carbocycles. The van der Waals surface area contributed by atoms with Gasteiger partial charge in [-0.15, -0.1) is 0 Å². The van der Waals surface area contributed by atoms with Crippen LogP contribution in [0, 0.1) is 0 Å². The first-order valence-electron chi connectivity index (χ1n) is 9.01. The molecule has 6 heteroatoms. The van der Waals surface area contributed by atoms with E-state index >= 15 is 0 Å². The van der Waals surface area contributed by atoms with E-state index in [0.717, 1.165) is 50.0 Å². The number of benzene rings is 1. The molecular weight excluding hydrogens is 324 g/mol. The molecule has 3 aromatic rings. The zero-order valence-electron chi connectivity index (χ0n) is 15.3. The van der Waals surface area contributed by atoms with Crippen LogP contribution in [0.3, 0.4) is 0 Å². The molecule has 6 nitrogen and oxygen atoms in total. The van der Waals surface area contributed by atoms with Crippen molar-refractivity contribution in [3.63, 3.8) is 0 Å². The molecule has 0 amide bonds. The zero-order chi connectivity index (χ0) is 17.9. The van der Waals surface area contributed by atoms with E-state index < -0.39 is 0 Å². The first-order valence-corrected chi connectivity index (χ1v) is 9.01. The maximum Gasteiger partial charge on any atom is 0.227 e. The highest BCUT2D eigenvalue weighted by atomic mass is 15.3. The van der Waals surface area contributed by atoms with Gasteiger partial charge in [0.1, 0.15) is 5.82 Å². The number of para-hydroxylation sites is 1. The number of rotatable bonds is 4. The summed E-state index contributed by atoms with van der Waals surface area (Å²) in [7, 11) is 4.00. The molecule has 134 valence electrons. The number of hydrogen-bond acceptors (Lipinski definition) is 6. The Kier molecular flexibility index (Phi) is 4.67. The number of nitrogens with zero attached hydrogens (tertiary/aromatic N) is 6. The van der Waals surface area contributed by atoms with Gasteiger partial charge in [-0.2, -0.15) is 4.98 Å². The van der Waals surface area contributed by atoms with Crippen molar-refractivity contribution in [1.29, 1.82) is 0 Å². The van der Waals surface area contributed by atoms with Gasteiger partial charge in [-0.05, 0) is 17.7 Å². The van der Waals surface area contributed by atoms with Crippen LogP contribution in [0.15, 0.2) is 48.8 Å². The second kappa shape index (κ2) is 7.25. The molecule has 1 aromatic carbocycles. The van der Waals surface area contributed by atoms with Crippen LogP contribution in [0.25, 0.3) is 10.9 Å². The van der Waals surface area contributed by atoms with Crippen LogP contribution in [0.1, 0.15) is 5.56 Å². The summed E-state index contributed by atoms with van der Waals surface area (Å²) in [5.41, 5.74) is 2.40. The molecule has 0 spiro atoms. The summed E-state index contributed by atoms with van der Waals surface area (Å²) in [5.74, 6) is 1.77. The molecular formula is C20H24N6. The molecule has 0 aliphatic carbocycles. The van der Waals surface area contributed by atoms with Crippen molar-refractivity contribution in [2.24, 2.45) is 0 Å². The predicted octanol–water partition coefficient (Wildman–Crippen LogP) is 2.41. The minimum Gasteiger partial charge on any atom is -0.363 e. The Morgan fingerprint density at radius 3 is 2.54 bits per heavy atom. The number of pyridine rings is 1. The number of hydrogen-bond donors (Lipinski definition) is 0. The monoisotopic (exact) mass is 348 g/mol. The molecule has 0 unspecified atom stereocenters. The largest absolute Gasteiger partial charge is 0.363 e. The van der Waals surface area contributed by atoms with Crippen molar-refractivity contribution in [3.05, 3.63) is 54.4 Å². The van der Waals surface area contributed by atoms with Crippen LogP contribution >= 0.6 is 0 Å². The molecule has 1 aliphatic rings. The van der Waals surface area contributed by atoms with E-state index in [9.17, 15) is 0 Å². The van der Waals surface area contributed by atoms with Gasteiger partial charge in [0, 0.05) is 64.6 Å². The maximum atomic E-state index is 4.66. The van der Waals surface area contributed by atoms with E-state index in [2.05, 4.69) is 49.0 Å². The lowest BCUT2D eigenvalue weighted by Crippen LogP contribution is -2.46. The Bertz CT molecular complexity index is 881. The Hall–Kier alpha value is -2.73. The van der Waals surface area contributed by atoms with Gasteiger partial charge >= 0.3 is 0 Å². The summed E-state index contributed by atoms with van der Waals surface area (Å²) >= 11 is 0. The zero-order valence-corrected chi connectivity index (χ0v) is 15.3. The van der Waals surface area contributed by atoms with Crippen molar-refractivity contribution in [3.8, 4) is 0 Å². The van der Waals surface area contributed by atoms with Crippen LogP contribution < -0.4 is 9.80 Å². The first kappa shape index (κ1) is 16.7. The van der Waals surface area contributed by atoms with E-state index in [1.54, 1.807) is 0 Å². The maximum absolute atomic E-state index is 4.66. The lowest BCUT2D eigenvalue weighted by Gasteiger charge is -2.35. The van der Waals surface area contributed by atoms with Gasteiger partial charge in [-0.3, -0.25) is 9.88 Å². The summed E-state index contributed by atoms with van der Waals surface area (Å²) in [6.45, 7) is 4.81. The molecule has 3 heterocycles. The molecule has 0 atom stereocenters. The second-order valence-electron chi connectivity index (χ2n) is 6.86. The molecule has 2 aromatic heterocycles. The Morgan fingerprint density at radius 2 is 1.73 bits per heavy atom. The van der Waals surface area contributed by atoms with Gasteiger partial charge in [0.25, 0.3) is 0 Å². The van der Waals surface area contributed by atoms with Crippen molar-refractivity contribution in [2.75, 3.05) is 50.1 Å². The van der Waals surface area contributed by atoms with Crippen LogP contribution in [0.2, 0.25) is 0 Å². The average Bonchev–Trinajstić information content (AvgIpc) is 2.69. The fraction of sp³-hybridized carbons (Fsp3) is 0.350. The summed E-state index contributed by atoms with van der Waals surface area (Å²) < 4.78 is 0. The SMILES string of the molecule is CN(C)c1ccnc(N2CCN(Cc3cccc4cccnc34)CC2)n1. The first-order chi connectivity index (χ1) is 12.7. The average molecular weight is 348 g/mol. The summed E-state index contributed by atoms with van der Waals surface area (Å²) in [6, 6.07) is 12.5. The van der Waals surface area contributed by atoms with Gasteiger partial charge in [-0.25, -0.2) is 4.98 Å². The Morgan fingerprint density at radius 1 is 0.923 bits per heavy atom. The van der Waals surface area contributed by atoms with Crippen molar-refractivity contribution >= 4 is 22.7 Å². The molecule has 0 N–H and O–H groups in total. The second-order valence-corrected chi connectivity index (χ2v) is 6.86. The lowest BCUT2D eigenvalue weighted by molar-refractivity contribution is 0.249. The number of piperazine rings is 1. The smallest absolute Gasteiger partial charge is 0.227 e. The third kappa shape index (κ3) is 3.46. The molecule has 4 rings (SSSR count). The van der Waals surface area contributed by atoms with Gasteiger partial charge < -0.3 is 9.80 Å². The number of fused-ring (bicyclic) bond motifs is 1. The fourth-order valence-corrected chi connectivity index (χ4v) is 3.38. The minimum absolute atomic E-state index is 0.822. The highest BCUT2D eigenvalue weighted by Crippen LogP contribution is 2.20. The van der Waals surface area contributed by atoms with Crippen LogP contribution in [0.4, 0.5) is 11.8 Å². The normalized spacial score (nSPS) is 15.4. The summed E-state index contributed by atoms with van der Waals surface area (Å²) in [6.07, 6.45) is 3.71. The van der Waals surface area contributed by atoms with Crippen molar-refractivity contribution in [1.82, 2.24) is 19.9 Å². The lowest BCUT2D eigenvalue weighted by atomic mass is 10.1. The third-order valence-electron chi connectivity index (χ3n) is 4.85. The Balaban J connectivity index is 1.43. The molecule has 0 radical (unpaired) electrons. The Labute approximate surface area is 154 Å². The number of anilines is 2. The van der Waals surface area contributed by atoms with Crippen LogP contribution in [-0.2, 0) is 6.54 Å². The summed E-state index contributed by atoms with van der Waals surface area (Å²) in [5, 5.41) is 1.21. The predicted molar refractivity (Wildman–Crippen MR) is 106 cm³/mol. The van der Waals surface area contributed by atoms with Gasteiger partial charge in [-0.1, -0.05) is 24.3 Å². The quantitative estimate of drug-likeness (QED) is 0.722. The van der Waals surface area contributed by atoms with E-state index in [0.29, 0.717) is 0 Å². The minimum atomic E-state index is 0.822. The molecule has 1 aliphatic heterocycles. The van der Waals surface area contributed by atoms with Crippen molar-refractivity contribution < 1.29 is 0 Å². The third-order valence-corrected chi connectivity index (χ3v) is 4.85. The number of aromatic nitrogens is 3. The van der Waals surface area contributed by atoms with Gasteiger partial charge in [0.15, 0.2) is 0 Å². The highest BCUT2D eigenvalue weighted by Gasteiger charge is 2.20. The molecule has 0 bridgehead atoms. The summed E-state index contributed by atoms with van der Waals surface area (Å²) in [4.78, 5) is 20.4. The van der Waals surface area contributed by atoms with Gasteiger partial charge in [0.2, 0.25) is 5.95 Å². The van der Waals surface area contributed by atoms with E-state index in [1.165, 1.54) is 10.9 Å².